The summed E-state index contributed by atoms with van der Waals surface area (Å²) in [5.41, 5.74) is 0. The van der Waals surface area contributed by atoms with E-state index in [1.54, 1.807) is 0 Å². The van der Waals surface area contributed by atoms with Crippen LogP contribution < -0.4 is 0 Å². The maximum absolute atomic E-state index is 4.57. The summed E-state index contributed by atoms with van der Waals surface area (Å²) >= 11 is 0. The highest BCUT2D eigenvalue weighted by atomic mass is 15.2. The lowest BCUT2D eigenvalue weighted by atomic mass is 9.98. The zero-order valence-electron chi connectivity index (χ0n) is 11.7. The second-order valence-electron chi connectivity index (χ2n) is 5.06. The Balaban J connectivity index is 2.44. The first kappa shape index (κ1) is 15.1. The molecule has 18 heavy (non-hydrogen) atoms. The van der Waals surface area contributed by atoms with Gasteiger partial charge >= 0.3 is 0 Å². The topological polar surface area (TPSA) is 37.1 Å². The highest BCUT2D eigenvalue weighted by Crippen LogP contribution is 2.20. The fourth-order valence-corrected chi connectivity index (χ4v) is 2.38. The quantitative estimate of drug-likeness (QED) is 0.478. The Kier molecular flexibility index (Phi) is 8.36. The van der Waals surface area contributed by atoms with Crippen molar-refractivity contribution in [1.29, 1.82) is 0 Å². The first-order valence-corrected chi connectivity index (χ1v) is 7.41. The van der Waals surface area contributed by atoms with Crippen molar-refractivity contribution in [3.05, 3.63) is 12.8 Å². The van der Waals surface area contributed by atoms with E-state index in [9.17, 15) is 0 Å². The molecule has 1 atom stereocenters. The van der Waals surface area contributed by atoms with Crippen molar-refractivity contribution in [3.63, 3.8) is 0 Å². The van der Waals surface area contributed by atoms with Crippen LogP contribution >= 0.6 is 0 Å². The lowest BCUT2D eigenvalue weighted by Gasteiger charge is -2.11. The second kappa shape index (κ2) is 9.98. The van der Waals surface area contributed by atoms with Gasteiger partial charge in [0.05, 0.1) is 0 Å². The molecule has 1 saturated carbocycles. The van der Waals surface area contributed by atoms with Gasteiger partial charge in [0, 0.05) is 12.4 Å². The van der Waals surface area contributed by atoms with Crippen LogP contribution in [0, 0.1) is 5.92 Å². The summed E-state index contributed by atoms with van der Waals surface area (Å²) in [6.45, 7) is 5.63. The number of rotatable bonds is 5. The molecule has 1 rings (SSSR count). The molecular formula is C15H27N3. The summed E-state index contributed by atoms with van der Waals surface area (Å²) in [4.78, 5) is 4.57. The average molecular weight is 249 g/mol. The molecule has 0 saturated heterocycles. The van der Waals surface area contributed by atoms with Gasteiger partial charge in [-0.15, -0.1) is 0 Å². The molecule has 3 heteroatoms. The maximum Gasteiger partial charge on any atom is 0.160 e. The van der Waals surface area contributed by atoms with E-state index in [4.69, 9.17) is 0 Å². The van der Waals surface area contributed by atoms with Crippen LogP contribution in [-0.2, 0) is 0 Å². The van der Waals surface area contributed by atoms with Crippen molar-refractivity contribution >= 4 is 6.21 Å². The van der Waals surface area contributed by atoms with E-state index in [2.05, 4.69) is 34.9 Å². The monoisotopic (exact) mass is 249 g/mol. The molecule has 1 aliphatic carbocycles. The van der Waals surface area contributed by atoms with Crippen LogP contribution in [0.2, 0.25) is 0 Å². The van der Waals surface area contributed by atoms with Crippen LogP contribution in [0.25, 0.3) is 0 Å². The Hall–Kier alpha value is -0.990. The van der Waals surface area contributed by atoms with Crippen LogP contribution in [0.5, 0.6) is 0 Å². The van der Waals surface area contributed by atoms with Gasteiger partial charge in [-0.05, 0) is 25.2 Å². The second-order valence-corrected chi connectivity index (χ2v) is 5.06. The van der Waals surface area contributed by atoms with Gasteiger partial charge in [-0.3, -0.25) is 4.99 Å². The van der Waals surface area contributed by atoms with E-state index >= 15 is 0 Å². The molecule has 0 aromatic heterocycles. The van der Waals surface area contributed by atoms with E-state index in [1.165, 1.54) is 57.6 Å². The molecule has 3 nitrogen and oxygen atoms in total. The zero-order chi connectivity index (χ0) is 13.1. The fraction of sp³-hybridized carbons (Fsp3) is 0.800. The molecule has 0 aliphatic heterocycles. The third-order valence-corrected chi connectivity index (χ3v) is 3.52. The SMILES string of the molecule is C=CN=NC(CC)N=CC1CCCCCCCC1. The molecule has 1 unspecified atom stereocenters. The van der Waals surface area contributed by atoms with Crippen LogP contribution in [0.4, 0.5) is 0 Å². The van der Waals surface area contributed by atoms with Crippen LogP contribution in [-0.4, -0.2) is 12.4 Å². The van der Waals surface area contributed by atoms with Crippen molar-refractivity contribution in [3.8, 4) is 0 Å². The van der Waals surface area contributed by atoms with Crippen LogP contribution in [0.3, 0.4) is 0 Å². The third kappa shape index (κ3) is 6.67. The van der Waals surface area contributed by atoms with Crippen molar-refractivity contribution in [2.45, 2.75) is 70.9 Å². The molecule has 0 N–H and O–H groups in total. The van der Waals surface area contributed by atoms with E-state index in [0.29, 0.717) is 5.92 Å². The number of aliphatic imine (C=N–C) groups is 1. The standard InChI is InChI=1S/C15H27N3/c1-3-15(18-17-4-2)16-13-14-11-9-7-5-6-8-10-12-14/h4,13-15H,2-3,5-12H2,1H3. The molecule has 0 heterocycles. The Bertz CT molecular complexity index is 261. The average Bonchev–Trinajstić information content (AvgIpc) is 2.53. The van der Waals surface area contributed by atoms with Crippen molar-refractivity contribution in [1.82, 2.24) is 0 Å². The van der Waals surface area contributed by atoms with Crippen LogP contribution in [0.1, 0.15) is 64.7 Å². The van der Waals surface area contributed by atoms with Crippen molar-refractivity contribution < 1.29 is 0 Å². The minimum Gasteiger partial charge on any atom is -0.269 e. The minimum absolute atomic E-state index is 0.0179. The Morgan fingerprint density at radius 1 is 1.11 bits per heavy atom. The van der Waals surface area contributed by atoms with Gasteiger partial charge in [-0.2, -0.15) is 10.2 Å². The molecule has 0 aromatic rings. The van der Waals surface area contributed by atoms with Gasteiger partial charge in [0.2, 0.25) is 0 Å². The Morgan fingerprint density at radius 3 is 2.28 bits per heavy atom. The summed E-state index contributed by atoms with van der Waals surface area (Å²) in [5, 5.41) is 7.94. The lowest BCUT2D eigenvalue weighted by molar-refractivity contribution is 0.538. The number of nitrogens with zero attached hydrogens (tertiary/aromatic N) is 3. The van der Waals surface area contributed by atoms with Gasteiger partial charge < -0.3 is 0 Å². The summed E-state index contributed by atoms with van der Waals surface area (Å²) < 4.78 is 0. The molecule has 102 valence electrons. The molecule has 0 spiro atoms. The summed E-state index contributed by atoms with van der Waals surface area (Å²) in [6, 6.07) is 0. The largest absolute Gasteiger partial charge is 0.269 e. The smallest absolute Gasteiger partial charge is 0.160 e. The highest BCUT2D eigenvalue weighted by Gasteiger charge is 2.09. The molecule has 0 amide bonds. The number of hydrogen-bond acceptors (Lipinski definition) is 3. The predicted octanol–water partition coefficient (Wildman–Crippen LogP) is 5.14. The first-order valence-electron chi connectivity index (χ1n) is 7.41. The van der Waals surface area contributed by atoms with Gasteiger partial charge in [0.1, 0.15) is 0 Å². The summed E-state index contributed by atoms with van der Waals surface area (Å²) in [7, 11) is 0. The Labute approximate surface area is 111 Å². The van der Waals surface area contributed by atoms with Crippen molar-refractivity contribution in [2.24, 2.45) is 21.1 Å². The number of azo groups is 1. The summed E-state index contributed by atoms with van der Waals surface area (Å²) in [5.74, 6) is 0.649. The van der Waals surface area contributed by atoms with E-state index in [1.807, 2.05) is 0 Å². The maximum atomic E-state index is 4.57. The molecule has 0 radical (unpaired) electrons. The third-order valence-electron chi connectivity index (χ3n) is 3.52. The van der Waals surface area contributed by atoms with E-state index in [-0.39, 0.29) is 6.17 Å². The minimum atomic E-state index is -0.0179. The van der Waals surface area contributed by atoms with Crippen molar-refractivity contribution in [2.75, 3.05) is 0 Å². The Morgan fingerprint density at radius 2 is 1.72 bits per heavy atom. The van der Waals surface area contributed by atoms with E-state index < -0.39 is 0 Å². The predicted molar refractivity (Wildman–Crippen MR) is 78.1 cm³/mol. The van der Waals surface area contributed by atoms with Crippen LogP contribution in [0.15, 0.2) is 28.0 Å². The van der Waals surface area contributed by atoms with E-state index in [0.717, 1.165) is 6.42 Å². The lowest BCUT2D eigenvalue weighted by Crippen LogP contribution is -2.05. The normalized spacial score (nSPS) is 21.6. The molecular weight excluding hydrogens is 222 g/mol. The highest BCUT2D eigenvalue weighted by molar-refractivity contribution is 5.60. The summed E-state index contributed by atoms with van der Waals surface area (Å²) in [6.07, 6.45) is 15.4. The van der Waals surface area contributed by atoms with Gasteiger partial charge in [-0.25, -0.2) is 0 Å². The zero-order valence-corrected chi connectivity index (χ0v) is 11.7. The molecule has 1 aliphatic rings. The van der Waals surface area contributed by atoms with Gasteiger partial charge in [-0.1, -0.05) is 52.0 Å². The van der Waals surface area contributed by atoms with Gasteiger partial charge in [0.25, 0.3) is 0 Å². The molecule has 1 fully saturated rings. The van der Waals surface area contributed by atoms with Gasteiger partial charge in [0.15, 0.2) is 6.17 Å². The number of hydrogen-bond donors (Lipinski definition) is 0. The molecule has 0 bridgehead atoms. The molecule has 0 aromatic carbocycles. The fourth-order valence-electron chi connectivity index (χ4n) is 2.38. The first-order chi connectivity index (χ1) is 8.86.